The molecule has 0 unspecified atom stereocenters. The lowest BCUT2D eigenvalue weighted by molar-refractivity contribution is -0.144. The van der Waals surface area contributed by atoms with Crippen molar-refractivity contribution in [2.75, 3.05) is 6.54 Å². The van der Waals surface area contributed by atoms with E-state index in [1.807, 2.05) is 37.3 Å². The molecular formula is C28H40N4O5. The van der Waals surface area contributed by atoms with Gasteiger partial charge >= 0.3 is 0 Å². The van der Waals surface area contributed by atoms with Gasteiger partial charge in [0.25, 0.3) is 0 Å². The van der Waals surface area contributed by atoms with Crippen LogP contribution in [0, 0.1) is 0 Å². The molecule has 2 fully saturated rings. The maximum absolute atomic E-state index is 13.6. The van der Waals surface area contributed by atoms with Crippen molar-refractivity contribution < 1.29 is 24.0 Å². The van der Waals surface area contributed by atoms with Gasteiger partial charge < -0.3 is 20.9 Å². The van der Waals surface area contributed by atoms with Crippen LogP contribution >= 0.6 is 0 Å². The number of nitrogens with zero attached hydrogens (tertiary/aromatic N) is 1. The molecule has 0 aliphatic carbocycles. The topological polar surface area (TPSA) is 125 Å². The lowest BCUT2D eigenvalue weighted by Crippen LogP contribution is -2.64. The lowest BCUT2D eigenvalue weighted by atomic mass is 9.98. The van der Waals surface area contributed by atoms with Crippen molar-refractivity contribution in [1.29, 1.82) is 0 Å². The molecule has 0 spiro atoms. The van der Waals surface area contributed by atoms with Crippen LogP contribution in [0.1, 0.15) is 77.7 Å². The summed E-state index contributed by atoms with van der Waals surface area (Å²) in [5.74, 6) is -1.34. The number of carbonyl (C=O) groups excluding carboxylic acids is 5. The van der Waals surface area contributed by atoms with E-state index in [9.17, 15) is 24.0 Å². The largest absolute Gasteiger partial charge is 0.343 e. The molecule has 9 heteroatoms. The zero-order valence-corrected chi connectivity index (χ0v) is 22.2. The van der Waals surface area contributed by atoms with Crippen molar-refractivity contribution in [3.8, 4) is 0 Å². The highest BCUT2D eigenvalue weighted by Crippen LogP contribution is 2.21. The average molecular weight is 513 g/mol. The molecule has 2 heterocycles. The Bertz CT molecular complexity index is 994. The monoisotopic (exact) mass is 512 g/mol. The van der Waals surface area contributed by atoms with Gasteiger partial charge in [-0.1, -0.05) is 50.1 Å². The van der Waals surface area contributed by atoms with Gasteiger partial charge in [0.1, 0.15) is 29.4 Å². The zero-order chi connectivity index (χ0) is 27.0. The molecule has 0 aromatic heterocycles. The minimum Gasteiger partial charge on any atom is -0.343 e. The molecule has 37 heavy (non-hydrogen) atoms. The van der Waals surface area contributed by atoms with Gasteiger partial charge in [-0.15, -0.1) is 0 Å². The molecule has 2 aliphatic heterocycles. The van der Waals surface area contributed by atoms with Crippen molar-refractivity contribution >= 4 is 29.4 Å². The molecule has 202 valence electrons. The second-order valence-corrected chi connectivity index (χ2v) is 10.6. The summed E-state index contributed by atoms with van der Waals surface area (Å²) < 4.78 is 0. The predicted octanol–water partition coefficient (Wildman–Crippen LogP) is 2.03. The smallest absolute Gasteiger partial charge is 0.246 e. The first-order valence-electron chi connectivity index (χ1n) is 13.4. The Hall–Kier alpha value is -3.23. The molecule has 2 aliphatic rings. The third-order valence-corrected chi connectivity index (χ3v) is 7.20. The highest BCUT2D eigenvalue weighted by atomic mass is 16.2. The van der Waals surface area contributed by atoms with E-state index in [-0.39, 0.29) is 24.0 Å². The Morgan fingerprint density at radius 1 is 0.973 bits per heavy atom. The number of rotatable bonds is 9. The molecule has 0 bridgehead atoms. The van der Waals surface area contributed by atoms with E-state index in [0.29, 0.717) is 45.1 Å². The SMILES string of the molecule is CCC(=O)CCCCC[C@@H]1NC(=O)[C@H]2CCCN2C(=O)[C@H](Cc2ccccc2)NC(=O)C(C)(C)NC1=O. The van der Waals surface area contributed by atoms with Crippen LogP contribution in [0.2, 0.25) is 0 Å². The predicted molar refractivity (Wildman–Crippen MR) is 139 cm³/mol. The minimum atomic E-state index is -1.30. The number of amides is 4. The van der Waals surface area contributed by atoms with Crippen molar-refractivity contribution in [2.24, 2.45) is 0 Å². The Balaban J connectivity index is 1.80. The highest BCUT2D eigenvalue weighted by molar-refractivity contribution is 5.99. The first-order valence-corrected chi connectivity index (χ1v) is 13.4. The molecule has 3 rings (SSSR count). The number of Topliss-reactive ketones (excluding diaryl/α,β-unsaturated/α-hetero) is 1. The molecule has 0 radical (unpaired) electrons. The minimum absolute atomic E-state index is 0.210. The van der Waals surface area contributed by atoms with Gasteiger partial charge in [-0.2, -0.15) is 0 Å². The number of fused-ring (bicyclic) bond motifs is 1. The average Bonchev–Trinajstić information content (AvgIpc) is 3.36. The fourth-order valence-corrected chi connectivity index (χ4v) is 4.90. The van der Waals surface area contributed by atoms with Crippen molar-refractivity contribution in [3.05, 3.63) is 35.9 Å². The Kier molecular flexibility index (Phi) is 9.83. The van der Waals surface area contributed by atoms with E-state index in [0.717, 1.165) is 18.4 Å². The van der Waals surface area contributed by atoms with Crippen molar-refractivity contribution in [2.45, 2.75) is 102 Å². The van der Waals surface area contributed by atoms with Crippen LogP contribution in [0.15, 0.2) is 30.3 Å². The van der Waals surface area contributed by atoms with Crippen LogP contribution in [0.5, 0.6) is 0 Å². The van der Waals surface area contributed by atoms with Crippen LogP contribution in [-0.2, 0) is 30.4 Å². The first-order chi connectivity index (χ1) is 17.6. The van der Waals surface area contributed by atoms with E-state index < -0.39 is 35.5 Å². The molecule has 3 atom stereocenters. The van der Waals surface area contributed by atoms with Crippen LogP contribution in [0.25, 0.3) is 0 Å². The van der Waals surface area contributed by atoms with Gasteiger partial charge in [0.2, 0.25) is 23.6 Å². The maximum atomic E-state index is 13.6. The number of nitrogens with one attached hydrogen (secondary N) is 3. The van der Waals surface area contributed by atoms with Crippen LogP contribution in [0.4, 0.5) is 0 Å². The van der Waals surface area contributed by atoms with Gasteiger partial charge in [-0.25, -0.2) is 0 Å². The summed E-state index contributed by atoms with van der Waals surface area (Å²) in [6.45, 7) is 5.43. The summed E-state index contributed by atoms with van der Waals surface area (Å²) in [5, 5.41) is 8.49. The molecule has 0 saturated carbocycles. The number of benzene rings is 1. The number of unbranched alkanes of at least 4 members (excludes halogenated alkanes) is 2. The number of carbonyl (C=O) groups is 5. The molecule has 1 aromatic rings. The van der Waals surface area contributed by atoms with Gasteiger partial charge in [-0.3, -0.25) is 24.0 Å². The number of hydrogen-bond donors (Lipinski definition) is 3. The fraction of sp³-hybridized carbons (Fsp3) is 0.607. The number of ketones is 1. The molecule has 3 N–H and O–H groups in total. The second-order valence-electron chi connectivity index (χ2n) is 10.6. The molecule has 4 amide bonds. The third-order valence-electron chi connectivity index (χ3n) is 7.20. The zero-order valence-electron chi connectivity index (χ0n) is 22.2. The van der Waals surface area contributed by atoms with Crippen molar-refractivity contribution in [3.63, 3.8) is 0 Å². The van der Waals surface area contributed by atoms with E-state index in [1.54, 1.807) is 18.7 Å². The van der Waals surface area contributed by atoms with E-state index in [2.05, 4.69) is 16.0 Å². The summed E-state index contributed by atoms with van der Waals surface area (Å²) in [6.07, 6.45) is 5.00. The summed E-state index contributed by atoms with van der Waals surface area (Å²) in [7, 11) is 0. The second kappa shape index (κ2) is 12.8. The van der Waals surface area contributed by atoms with Gasteiger partial charge in [0, 0.05) is 25.8 Å². The maximum Gasteiger partial charge on any atom is 0.246 e. The van der Waals surface area contributed by atoms with Crippen molar-refractivity contribution in [1.82, 2.24) is 20.9 Å². The van der Waals surface area contributed by atoms with Gasteiger partial charge in [0.05, 0.1) is 0 Å². The highest BCUT2D eigenvalue weighted by Gasteiger charge is 2.42. The third kappa shape index (κ3) is 7.63. The molecule has 1 aromatic carbocycles. The lowest BCUT2D eigenvalue weighted by Gasteiger charge is -2.34. The molecule has 2 saturated heterocycles. The van der Waals surface area contributed by atoms with Crippen LogP contribution < -0.4 is 16.0 Å². The van der Waals surface area contributed by atoms with Gasteiger partial charge in [-0.05, 0) is 45.1 Å². The fourth-order valence-electron chi connectivity index (χ4n) is 4.90. The van der Waals surface area contributed by atoms with E-state index in [4.69, 9.17) is 0 Å². The first kappa shape index (κ1) is 28.3. The summed E-state index contributed by atoms with van der Waals surface area (Å²) in [5.41, 5.74) is -0.414. The summed E-state index contributed by atoms with van der Waals surface area (Å²) >= 11 is 0. The van der Waals surface area contributed by atoms with Crippen LogP contribution in [-0.4, -0.2) is 64.5 Å². The normalized spacial score (nSPS) is 24.3. The summed E-state index contributed by atoms with van der Waals surface area (Å²) in [6, 6.07) is 7.01. The molecular weight excluding hydrogens is 472 g/mol. The van der Waals surface area contributed by atoms with Crippen LogP contribution in [0.3, 0.4) is 0 Å². The van der Waals surface area contributed by atoms with E-state index >= 15 is 0 Å². The standard InChI is InChI=1S/C28H40N4O5/c1-4-20(33)14-9-6-10-15-21-24(34)31-28(2,3)27(37)30-22(18-19-12-7-5-8-13-19)26(36)32-17-11-16-23(32)25(35)29-21/h5,7-8,12-13,21-23H,4,6,9-11,14-18H2,1-3H3,(H,29,35)(H,30,37)(H,31,34)/t21-,22-,23+/m0/s1. The quantitative estimate of drug-likeness (QED) is 0.437. The summed E-state index contributed by atoms with van der Waals surface area (Å²) in [4.78, 5) is 66.6. The Labute approximate surface area is 219 Å². The molecule has 9 nitrogen and oxygen atoms in total. The van der Waals surface area contributed by atoms with E-state index in [1.165, 1.54) is 0 Å². The van der Waals surface area contributed by atoms with Gasteiger partial charge in [0.15, 0.2) is 0 Å². The Morgan fingerprint density at radius 3 is 2.41 bits per heavy atom. The number of hydrogen-bond acceptors (Lipinski definition) is 5. The Morgan fingerprint density at radius 2 is 1.70 bits per heavy atom.